The third-order valence-corrected chi connectivity index (χ3v) is 6.21. The van der Waals surface area contributed by atoms with Gasteiger partial charge in [-0.05, 0) is 51.2 Å². The molecule has 0 aliphatic heterocycles. The van der Waals surface area contributed by atoms with E-state index in [1.807, 2.05) is 36.0 Å². The minimum absolute atomic E-state index is 0.417. The number of fused-ring (bicyclic) bond motifs is 1. The molecule has 0 bridgehead atoms. The van der Waals surface area contributed by atoms with E-state index in [0.717, 1.165) is 33.3 Å². The molecule has 5 nitrogen and oxygen atoms in total. The van der Waals surface area contributed by atoms with Crippen molar-refractivity contribution in [3.8, 4) is 22.3 Å². The van der Waals surface area contributed by atoms with Crippen LogP contribution in [0.5, 0.6) is 0 Å². The average molecular weight is 426 g/mol. The highest BCUT2D eigenvalue weighted by Gasteiger charge is 2.38. The number of carbonyl (C=O) groups is 1. The molecule has 0 radical (unpaired) electrons. The van der Waals surface area contributed by atoms with E-state index in [9.17, 15) is 9.90 Å². The predicted molar refractivity (Wildman–Crippen MR) is 123 cm³/mol. The molecular formula is C25H19N3O2S. The van der Waals surface area contributed by atoms with Crippen LogP contribution in [0.4, 0.5) is 0 Å². The van der Waals surface area contributed by atoms with Crippen LogP contribution in [0.1, 0.15) is 11.1 Å². The van der Waals surface area contributed by atoms with Gasteiger partial charge >= 0.3 is 0 Å². The highest BCUT2D eigenvalue weighted by atomic mass is 32.1. The molecule has 1 atom stereocenters. The van der Waals surface area contributed by atoms with E-state index in [0.29, 0.717) is 11.1 Å². The fourth-order valence-electron chi connectivity index (χ4n) is 3.87. The van der Waals surface area contributed by atoms with Crippen LogP contribution in [0, 0.1) is 0 Å². The molecule has 1 unspecified atom stereocenters. The Morgan fingerprint density at radius 1 is 0.968 bits per heavy atom. The van der Waals surface area contributed by atoms with Gasteiger partial charge in [0.05, 0.1) is 0 Å². The third kappa shape index (κ3) is 3.22. The van der Waals surface area contributed by atoms with Gasteiger partial charge in [-0.15, -0.1) is 0 Å². The molecule has 152 valence electrons. The summed E-state index contributed by atoms with van der Waals surface area (Å²) in [4.78, 5) is 20.1. The molecule has 0 aliphatic rings. The molecule has 3 heterocycles. The van der Waals surface area contributed by atoms with Crippen molar-refractivity contribution in [1.29, 1.82) is 0 Å². The molecule has 0 aliphatic carbocycles. The first-order valence-corrected chi connectivity index (χ1v) is 10.7. The second-order valence-corrected chi connectivity index (χ2v) is 8.14. The minimum Gasteiger partial charge on any atom is -0.372 e. The molecule has 0 saturated heterocycles. The van der Waals surface area contributed by atoms with E-state index in [2.05, 4.69) is 27.5 Å². The number of aromatic amines is 1. The summed E-state index contributed by atoms with van der Waals surface area (Å²) in [5, 5.41) is 16.4. The molecule has 0 spiro atoms. The average Bonchev–Trinajstić information content (AvgIpc) is 3.49. The summed E-state index contributed by atoms with van der Waals surface area (Å²) in [6.07, 6.45) is 3.74. The van der Waals surface area contributed by atoms with Gasteiger partial charge in [0.15, 0.2) is 5.60 Å². The molecule has 4 N–H and O–H groups in total. The Morgan fingerprint density at radius 2 is 1.77 bits per heavy atom. The zero-order valence-corrected chi connectivity index (χ0v) is 17.3. The molecular weight excluding hydrogens is 406 g/mol. The Hall–Kier alpha value is -3.74. The maximum atomic E-state index is 12.4. The van der Waals surface area contributed by atoms with Crippen molar-refractivity contribution >= 4 is 28.3 Å². The number of aliphatic hydroxyl groups is 1. The van der Waals surface area contributed by atoms with Crippen molar-refractivity contribution in [1.82, 2.24) is 9.97 Å². The lowest BCUT2D eigenvalue weighted by Gasteiger charge is -2.26. The van der Waals surface area contributed by atoms with Crippen molar-refractivity contribution in [2.75, 3.05) is 0 Å². The number of nitrogens with two attached hydrogens (primary N) is 1. The van der Waals surface area contributed by atoms with Gasteiger partial charge in [0.1, 0.15) is 5.65 Å². The van der Waals surface area contributed by atoms with Crippen molar-refractivity contribution in [3.63, 3.8) is 0 Å². The number of H-pyrrole nitrogens is 1. The Labute approximate surface area is 182 Å². The smallest absolute Gasteiger partial charge is 0.258 e. The molecule has 2 aromatic carbocycles. The SMILES string of the molecule is NC(=O)C(O)(c1ccccc1)c1cccc(-c2c[nH]c3ncc(-c4ccsc4)cc23)c1. The number of aromatic nitrogens is 2. The first-order chi connectivity index (χ1) is 15.1. The summed E-state index contributed by atoms with van der Waals surface area (Å²) < 4.78 is 0. The van der Waals surface area contributed by atoms with Crippen LogP contribution < -0.4 is 5.73 Å². The Bertz CT molecular complexity index is 1380. The van der Waals surface area contributed by atoms with Crippen LogP contribution >= 0.6 is 11.3 Å². The number of hydrogen-bond acceptors (Lipinski definition) is 4. The van der Waals surface area contributed by atoms with Crippen molar-refractivity contribution < 1.29 is 9.90 Å². The van der Waals surface area contributed by atoms with Gasteiger partial charge in [-0.3, -0.25) is 4.79 Å². The quantitative estimate of drug-likeness (QED) is 0.382. The van der Waals surface area contributed by atoms with Gasteiger partial charge in [0.25, 0.3) is 5.91 Å². The monoisotopic (exact) mass is 425 g/mol. The van der Waals surface area contributed by atoms with E-state index < -0.39 is 11.5 Å². The summed E-state index contributed by atoms with van der Waals surface area (Å²) in [5.41, 5.74) is 9.29. The zero-order chi connectivity index (χ0) is 21.4. The lowest BCUT2D eigenvalue weighted by atomic mass is 9.84. The number of benzene rings is 2. The fraction of sp³-hybridized carbons (Fsp3) is 0.0400. The highest BCUT2D eigenvalue weighted by Crippen LogP contribution is 2.35. The number of rotatable bonds is 5. The Morgan fingerprint density at radius 3 is 2.52 bits per heavy atom. The van der Waals surface area contributed by atoms with Gasteiger partial charge in [-0.1, -0.05) is 48.5 Å². The summed E-state index contributed by atoms with van der Waals surface area (Å²) in [6, 6.07) is 20.2. The summed E-state index contributed by atoms with van der Waals surface area (Å²) in [5.74, 6) is -0.823. The second-order valence-electron chi connectivity index (χ2n) is 7.36. The number of pyridine rings is 1. The summed E-state index contributed by atoms with van der Waals surface area (Å²) >= 11 is 1.64. The second kappa shape index (κ2) is 7.50. The largest absolute Gasteiger partial charge is 0.372 e. The van der Waals surface area contributed by atoms with E-state index in [1.54, 1.807) is 47.7 Å². The molecule has 3 aromatic heterocycles. The first-order valence-electron chi connectivity index (χ1n) is 9.76. The fourth-order valence-corrected chi connectivity index (χ4v) is 4.54. The molecule has 0 saturated carbocycles. The standard InChI is InChI=1S/C25H19N3O2S/c26-24(29)25(30,19-6-2-1-3-7-19)20-8-4-5-16(11-20)22-14-28-23-21(22)12-18(13-27-23)17-9-10-31-15-17/h1-15,30H,(H2,26,29)(H,27,28). The lowest BCUT2D eigenvalue weighted by Crippen LogP contribution is -2.42. The molecule has 0 fully saturated rings. The van der Waals surface area contributed by atoms with Crippen molar-refractivity contribution in [2.24, 2.45) is 5.73 Å². The van der Waals surface area contributed by atoms with Crippen LogP contribution in [-0.4, -0.2) is 21.0 Å². The molecule has 31 heavy (non-hydrogen) atoms. The number of nitrogens with zero attached hydrogens (tertiary/aromatic N) is 1. The van der Waals surface area contributed by atoms with E-state index in [-0.39, 0.29) is 0 Å². The molecule has 6 heteroatoms. The Balaban J connectivity index is 1.65. The van der Waals surface area contributed by atoms with Gasteiger partial charge in [-0.25, -0.2) is 4.98 Å². The normalized spacial score (nSPS) is 13.2. The number of primary amides is 1. The number of amides is 1. The van der Waals surface area contributed by atoms with Crippen LogP contribution in [0.25, 0.3) is 33.3 Å². The maximum Gasteiger partial charge on any atom is 0.258 e. The number of nitrogens with one attached hydrogen (secondary N) is 1. The minimum atomic E-state index is -1.93. The highest BCUT2D eigenvalue weighted by molar-refractivity contribution is 7.08. The van der Waals surface area contributed by atoms with E-state index >= 15 is 0 Å². The number of hydrogen-bond donors (Lipinski definition) is 3. The van der Waals surface area contributed by atoms with Gasteiger partial charge < -0.3 is 15.8 Å². The third-order valence-electron chi connectivity index (χ3n) is 5.53. The summed E-state index contributed by atoms with van der Waals surface area (Å²) in [6.45, 7) is 0. The summed E-state index contributed by atoms with van der Waals surface area (Å²) in [7, 11) is 0. The van der Waals surface area contributed by atoms with E-state index in [4.69, 9.17) is 5.73 Å². The first kappa shape index (κ1) is 19.2. The van der Waals surface area contributed by atoms with Crippen molar-refractivity contribution in [2.45, 2.75) is 5.60 Å². The van der Waals surface area contributed by atoms with Crippen molar-refractivity contribution in [3.05, 3.63) is 101 Å². The topological polar surface area (TPSA) is 92.0 Å². The van der Waals surface area contributed by atoms with E-state index in [1.165, 1.54) is 0 Å². The van der Waals surface area contributed by atoms with Crippen LogP contribution in [0.3, 0.4) is 0 Å². The molecule has 5 aromatic rings. The van der Waals surface area contributed by atoms with Gasteiger partial charge in [0.2, 0.25) is 0 Å². The number of thiophene rings is 1. The van der Waals surface area contributed by atoms with Gasteiger partial charge in [-0.2, -0.15) is 11.3 Å². The molecule has 1 amide bonds. The lowest BCUT2D eigenvalue weighted by molar-refractivity contribution is -0.133. The zero-order valence-electron chi connectivity index (χ0n) is 16.4. The van der Waals surface area contributed by atoms with Crippen LogP contribution in [0.15, 0.2) is 89.9 Å². The number of carbonyl (C=O) groups excluding carboxylic acids is 1. The maximum absolute atomic E-state index is 12.4. The van der Waals surface area contributed by atoms with Crippen LogP contribution in [-0.2, 0) is 10.4 Å². The van der Waals surface area contributed by atoms with Gasteiger partial charge in [0, 0.05) is 28.9 Å². The Kier molecular flexibility index (Phi) is 4.66. The molecule has 5 rings (SSSR count). The van der Waals surface area contributed by atoms with Crippen LogP contribution in [0.2, 0.25) is 0 Å². The predicted octanol–water partition coefficient (Wildman–Crippen LogP) is 4.68.